The molecular weight excluding hydrogens is 178 g/mol. The van der Waals surface area contributed by atoms with E-state index in [-0.39, 0.29) is 0 Å². The van der Waals surface area contributed by atoms with Crippen molar-refractivity contribution in [1.29, 1.82) is 0 Å². The van der Waals surface area contributed by atoms with Gasteiger partial charge >= 0.3 is 0 Å². The maximum atomic E-state index is 5.26. The average molecular weight is 188 g/mol. The van der Waals surface area contributed by atoms with Gasteiger partial charge in [0.2, 0.25) is 0 Å². The molecule has 1 heterocycles. The van der Waals surface area contributed by atoms with E-state index in [2.05, 4.69) is 24.0 Å². The van der Waals surface area contributed by atoms with Crippen LogP contribution in [-0.2, 0) is 12.6 Å². The Balaban J connectivity index is 2.87. The lowest BCUT2D eigenvalue weighted by atomic mass is 10.1. The lowest BCUT2D eigenvalue weighted by Gasteiger charge is -2.11. The van der Waals surface area contributed by atoms with Crippen LogP contribution in [0.4, 0.5) is 0 Å². The standard InChI is InChI=1S/C11H11NS/c1-7-3-4-10-9(5-7)11(13)6-8(2)12-10/h3-6H,1-2H3,(H,12,13)/p-1. The van der Waals surface area contributed by atoms with Gasteiger partial charge in [0.1, 0.15) is 0 Å². The molecule has 0 saturated carbocycles. The molecule has 0 aliphatic carbocycles. The Hall–Kier alpha value is -1.15. The lowest BCUT2D eigenvalue weighted by Crippen LogP contribution is -1.87. The van der Waals surface area contributed by atoms with Crippen molar-refractivity contribution in [2.45, 2.75) is 18.7 Å². The van der Waals surface area contributed by atoms with Crippen molar-refractivity contribution in [3.63, 3.8) is 0 Å². The molecule has 0 fully saturated rings. The van der Waals surface area contributed by atoms with Gasteiger partial charge in [-0.2, -0.15) is 4.90 Å². The maximum absolute atomic E-state index is 5.26. The number of hydrogen-bond acceptors (Lipinski definition) is 2. The second-order valence-corrected chi connectivity index (χ2v) is 3.72. The molecule has 0 N–H and O–H groups in total. The van der Waals surface area contributed by atoms with Gasteiger partial charge in [0.25, 0.3) is 0 Å². The Labute approximate surface area is 83.2 Å². The van der Waals surface area contributed by atoms with Crippen molar-refractivity contribution < 1.29 is 0 Å². The van der Waals surface area contributed by atoms with Crippen LogP contribution in [0.15, 0.2) is 29.2 Å². The second kappa shape index (κ2) is 2.96. The van der Waals surface area contributed by atoms with Crippen LogP contribution in [0.5, 0.6) is 0 Å². The van der Waals surface area contributed by atoms with Crippen LogP contribution < -0.4 is 0 Å². The normalized spacial score (nSPS) is 10.6. The zero-order chi connectivity index (χ0) is 9.42. The SMILES string of the molecule is Cc1ccc2nc(C)cc([S-])c2c1. The van der Waals surface area contributed by atoms with Crippen LogP contribution in [0.2, 0.25) is 0 Å². The van der Waals surface area contributed by atoms with Gasteiger partial charge in [-0.1, -0.05) is 23.8 Å². The average Bonchev–Trinajstić information content (AvgIpc) is 2.06. The first-order valence-corrected chi connectivity index (χ1v) is 4.62. The lowest BCUT2D eigenvalue weighted by molar-refractivity contribution is 1.22. The number of nitrogens with zero attached hydrogens (tertiary/aromatic N) is 1. The van der Waals surface area contributed by atoms with E-state index in [1.54, 1.807) is 0 Å². The van der Waals surface area contributed by atoms with Gasteiger partial charge in [0.05, 0.1) is 5.52 Å². The molecule has 2 aromatic rings. The van der Waals surface area contributed by atoms with Gasteiger partial charge in [-0.3, -0.25) is 4.98 Å². The highest BCUT2D eigenvalue weighted by molar-refractivity contribution is 7.59. The Morgan fingerprint density at radius 2 is 1.92 bits per heavy atom. The summed E-state index contributed by atoms with van der Waals surface area (Å²) < 4.78 is 0. The van der Waals surface area contributed by atoms with E-state index in [9.17, 15) is 0 Å². The summed E-state index contributed by atoms with van der Waals surface area (Å²) in [6, 6.07) is 8.11. The van der Waals surface area contributed by atoms with Crippen molar-refractivity contribution in [3.8, 4) is 0 Å². The first-order valence-electron chi connectivity index (χ1n) is 4.22. The molecule has 0 bridgehead atoms. The molecule has 0 amide bonds. The Bertz CT molecular complexity index is 463. The molecule has 13 heavy (non-hydrogen) atoms. The molecule has 0 saturated heterocycles. The molecule has 66 valence electrons. The Morgan fingerprint density at radius 3 is 2.69 bits per heavy atom. The van der Waals surface area contributed by atoms with Gasteiger partial charge in [-0.05, 0) is 25.3 Å². The zero-order valence-corrected chi connectivity index (χ0v) is 8.48. The van der Waals surface area contributed by atoms with Crippen LogP contribution in [0.1, 0.15) is 11.3 Å². The summed E-state index contributed by atoms with van der Waals surface area (Å²) in [7, 11) is 0. The summed E-state index contributed by atoms with van der Waals surface area (Å²) in [5.74, 6) is 0. The molecule has 1 aromatic carbocycles. The minimum Gasteiger partial charge on any atom is -0.779 e. The first-order chi connectivity index (χ1) is 6.16. The zero-order valence-electron chi connectivity index (χ0n) is 7.66. The Morgan fingerprint density at radius 1 is 1.15 bits per heavy atom. The predicted octanol–water partition coefficient (Wildman–Crippen LogP) is 2.76. The highest BCUT2D eigenvalue weighted by Crippen LogP contribution is 2.19. The van der Waals surface area contributed by atoms with Crippen molar-refractivity contribution in [1.82, 2.24) is 4.98 Å². The summed E-state index contributed by atoms with van der Waals surface area (Å²) in [6.07, 6.45) is 0. The molecule has 0 aliphatic rings. The first kappa shape index (κ1) is 8.45. The molecule has 0 aliphatic heterocycles. The van der Waals surface area contributed by atoms with Crippen LogP contribution in [-0.4, -0.2) is 4.98 Å². The minimum absolute atomic E-state index is 0.895. The number of hydrogen-bond donors (Lipinski definition) is 0. The van der Waals surface area contributed by atoms with E-state index in [1.165, 1.54) is 5.56 Å². The summed E-state index contributed by atoms with van der Waals surface area (Å²) in [4.78, 5) is 5.31. The predicted molar refractivity (Wildman–Crippen MR) is 56.8 cm³/mol. The minimum atomic E-state index is 0.895. The molecule has 0 spiro atoms. The van der Waals surface area contributed by atoms with Crippen LogP contribution in [0.25, 0.3) is 10.9 Å². The number of aryl methyl sites for hydroxylation is 2. The van der Waals surface area contributed by atoms with E-state index in [0.29, 0.717) is 0 Å². The molecule has 2 rings (SSSR count). The van der Waals surface area contributed by atoms with E-state index < -0.39 is 0 Å². The third-order valence-corrected chi connectivity index (χ3v) is 2.39. The third kappa shape index (κ3) is 1.49. The largest absolute Gasteiger partial charge is 0.779 e. The fraction of sp³-hybridized carbons (Fsp3) is 0.182. The molecule has 1 nitrogen and oxygen atoms in total. The van der Waals surface area contributed by atoms with Crippen molar-refractivity contribution in [2.24, 2.45) is 0 Å². The Kier molecular flexibility index (Phi) is 1.93. The highest BCUT2D eigenvalue weighted by atomic mass is 32.1. The number of pyridine rings is 1. The fourth-order valence-corrected chi connectivity index (χ4v) is 1.77. The van der Waals surface area contributed by atoms with E-state index in [4.69, 9.17) is 12.6 Å². The van der Waals surface area contributed by atoms with E-state index in [1.807, 2.05) is 19.1 Å². The molecular formula is C11H10NS-. The second-order valence-electron chi connectivity index (χ2n) is 3.28. The van der Waals surface area contributed by atoms with Gasteiger partial charge < -0.3 is 12.6 Å². The molecule has 2 heteroatoms. The molecule has 0 unspecified atom stereocenters. The highest BCUT2D eigenvalue weighted by Gasteiger charge is 1.95. The molecule has 1 aromatic heterocycles. The van der Waals surface area contributed by atoms with Crippen LogP contribution in [0, 0.1) is 13.8 Å². The summed E-state index contributed by atoms with van der Waals surface area (Å²) in [5, 5.41) is 1.08. The number of aromatic nitrogens is 1. The fourth-order valence-electron chi connectivity index (χ4n) is 1.43. The van der Waals surface area contributed by atoms with Crippen molar-refractivity contribution in [3.05, 3.63) is 35.5 Å². The number of rotatable bonds is 0. The number of benzene rings is 1. The third-order valence-electron chi connectivity index (χ3n) is 2.05. The summed E-state index contributed by atoms with van der Waals surface area (Å²) >= 11 is 5.26. The number of fused-ring (bicyclic) bond motifs is 1. The maximum Gasteiger partial charge on any atom is 0.0690 e. The molecule has 0 atom stereocenters. The van der Waals surface area contributed by atoms with Crippen molar-refractivity contribution in [2.75, 3.05) is 0 Å². The van der Waals surface area contributed by atoms with Gasteiger partial charge in [0.15, 0.2) is 0 Å². The smallest absolute Gasteiger partial charge is 0.0690 e. The topological polar surface area (TPSA) is 12.9 Å². The van der Waals surface area contributed by atoms with E-state index >= 15 is 0 Å². The summed E-state index contributed by atoms with van der Waals surface area (Å²) in [5.41, 5.74) is 3.21. The molecule has 0 radical (unpaired) electrons. The quantitative estimate of drug-likeness (QED) is 0.590. The van der Waals surface area contributed by atoms with E-state index in [0.717, 1.165) is 21.5 Å². The monoisotopic (exact) mass is 188 g/mol. The van der Waals surface area contributed by atoms with Gasteiger partial charge in [0, 0.05) is 5.69 Å². The van der Waals surface area contributed by atoms with Crippen LogP contribution >= 0.6 is 0 Å². The summed E-state index contributed by atoms with van der Waals surface area (Å²) in [6.45, 7) is 4.03. The van der Waals surface area contributed by atoms with Gasteiger partial charge in [-0.25, -0.2) is 0 Å². The van der Waals surface area contributed by atoms with Crippen molar-refractivity contribution >= 4 is 23.5 Å². The van der Waals surface area contributed by atoms with Gasteiger partial charge in [-0.15, -0.1) is 0 Å². The van der Waals surface area contributed by atoms with Crippen LogP contribution in [0.3, 0.4) is 0 Å².